The summed E-state index contributed by atoms with van der Waals surface area (Å²) in [6.07, 6.45) is -0.937. The smallest absolute Gasteiger partial charge is 0.408 e. The zero-order valence-corrected chi connectivity index (χ0v) is 19.0. The van der Waals surface area contributed by atoms with Gasteiger partial charge in [0, 0.05) is 23.8 Å². The van der Waals surface area contributed by atoms with Gasteiger partial charge in [0.05, 0.1) is 0 Å². The number of fused-ring (bicyclic) bond motifs is 3. The van der Waals surface area contributed by atoms with E-state index in [-0.39, 0.29) is 18.9 Å². The van der Waals surface area contributed by atoms with Gasteiger partial charge in [0.2, 0.25) is 5.91 Å². The van der Waals surface area contributed by atoms with Crippen LogP contribution in [0.1, 0.15) is 34.4 Å². The van der Waals surface area contributed by atoms with Gasteiger partial charge in [-0.2, -0.15) is 0 Å². The van der Waals surface area contributed by atoms with Crippen molar-refractivity contribution in [1.29, 1.82) is 0 Å². The van der Waals surface area contributed by atoms with Gasteiger partial charge in [-0.3, -0.25) is 4.79 Å². The number of ether oxygens (including phenoxy) is 1. The van der Waals surface area contributed by atoms with Crippen LogP contribution in [0.4, 0.5) is 4.79 Å². The van der Waals surface area contributed by atoms with E-state index in [0.29, 0.717) is 4.88 Å². The molecule has 0 radical (unpaired) electrons. The van der Waals surface area contributed by atoms with Gasteiger partial charge in [-0.05, 0) is 33.7 Å². The number of aliphatic carboxylic acids is 1. The Bertz CT molecular complexity index is 1130. The van der Waals surface area contributed by atoms with E-state index in [1.165, 1.54) is 11.3 Å². The fraction of sp³-hybridized carbons (Fsp3) is 0.240. The molecule has 0 fully saturated rings. The fourth-order valence-electron chi connectivity index (χ4n) is 4.12. The van der Waals surface area contributed by atoms with Crippen LogP contribution in [0, 0.1) is 0 Å². The Morgan fingerprint density at radius 1 is 0.941 bits per heavy atom. The molecule has 2 amide bonds. The van der Waals surface area contributed by atoms with Crippen molar-refractivity contribution in [2.24, 2.45) is 0 Å². The number of aliphatic hydroxyl groups excluding tert-OH is 1. The first-order valence-corrected chi connectivity index (χ1v) is 11.7. The summed E-state index contributed by atoms with van der Waals surface area (Å²) in [4.78, 5) is 37.4. The number of carboxylic acid groups (broad SMARTS) is 1. The maximum absolute atomic E-state index is 12.8. The molecule has 1 unspecified atom stereocenters. The van der Waals surface area contributed by atoms with Crippen molar-refractivity contribution in [2.45, 2.75) is 24.4 Å². The van der Waals surface area contributed by atoms with Crippen molar-refractivity contribution in [3.63, 3.8) is 0 Å². The summed E-state index contributed by atoms with van der Waals surface area (Å²) in [7, 11) is 0. The van der Waals surface area contributed by atoms with Gasteiger partial charge in [0.15, 0.2) is 0 Å². The van der Waals surface area contributed by atoms with Gasteiger partial charge in [0.1, 0.15) is 18.7 Å². The molecule has 4 N–H and O–H groups in total. The molecule has 34 heavy (non-hydrogen) atoms. The second-order valence-corrected chi connectivity index (χ2v) is 8.81. The molecule has 176 valence electrons. The van der Waals surface area contributed by atoms with E-state index in [1.807, 2.05) is 48.5 Å². The summed E-state index contributed by atoms with van der Waals surface area (Å²) >= 11 is 1.25. The Labute approximate surface area is 200 Å². The predicted octanol–water partition coefficient (Wildman–Crippen LogP) is 3.28. The predicted molar refractivity (Wildman–Crippen MR) is 127 cm³/mol. The number of carbonyl (C=O) groups is 3. The van der Waals surface area contributed by atoms with E-state index in [0.717, 1.165) is 22.3 Å². The molecule has 1 aliphatic carbocycles. The Balaban J connectivity index is 1.46. The monoisotopic (exact) mass is 480 g/mol. The summed E-state index contributed by atoms with van der Waals surface area (Å²) in [6.45, 7) is -0.318. The Kier molecular flexibility index (Phi) is 7.24. The lowest BCUT2D eigenvalue weighted by Gasteiger charge is -2.21. The topological polar surface area (TPSA) is 125 Å². The van der Waals surface area contributed by atoms with Gasteiger partial charge >= 0.3 is 12.1 Å². The number of carbonyl (C=O) groups excluding carboxylic acids is 2. The largest absolute Gasteiger partial charge is 0.480 e. The number of benzene rings is 2. The van der Waals surface area contributed by atoms with Gasteiger partial charge < -0.3 is 25.6 Å². The highest BCUT2D eigenvalue weighted by Gasteiger charge is 2.31. The van der Waals surface area contributed by atoms with E-state index >= 15 is 0 Å². The molecule has 3 aromatic rings. The Morgan fingerprint density at radius 3 is 2.15 bits per heavy atom. The molecule has 4 rings (SSSR count). The van der Waals surface area contributed by atoms with Crippen molar-refractivity contribution in [1.82, 2.24) is 10.6 Å². The first kappa shape index (κ1) is 23.5. The number of aliphatic hydroxyl groups is 1. The minimum absolute atomic E-state index is 0.0842. The van der Waals surface area contributed by atoms with Crippen LogP contribution in [0.15, 0.2) is 66.0 Å². The third-order valence-corrected chi connectivity index (χ3v) is 6.67. The van der Waals surface area contributed by atoms with Crippen molar-refractivity contribution in [3.05, 3.63) is 82.0 Å². The van der Waals surface area contributed by atoms with Crippen LogP contribution in [-0.4, -0.2) is 47.4 Å². The third-order valence-electron chi connectivity index (χ3n) is 5.73. The molecule has 1 heterocycles. The van der Waals surface area contributed by atoms with Crippen molar-refractivity contribution in [2.75, 3.05) is 13.2 Å². The van der Waals surface area contributed by atoms with Crippen LogP contribution in [-0.2, 0) is 14.3 Å². The number of carboxylic acids is 1. The van der Waals surface area contributed by atoms with Crippen LogP contribution in [0.25, 0.3) is 11.1 Å². The van der Waals surface area contributed by atoms with Gasteiger partial charge in [0.25, 0.3) is 0 Å². The van der Waals surface area contributed by atoms with E-state index in [4.69, 9.17) is 9.84 Å². The lowest BCUT2D eigenvalue weighted by Crippen LogP contribution is -2.47. The number of nitrogens with one attached hydrogen (secondary N) is 2. The average Bonchev–Trinajstić information content (AvgIpc) is 3.47. The zero-order valence-electron chi connectivity index (χ0n) is 18.1. The highest BCUT2D eigenvalue weighted by molar-refractivity contribution is 7.10. The lowest BCUT2D eigenvalue weighted by atomic mass is 9.98. The molecule has 2 atom stereocenters. The Hall–Kier alpha value is -3.69. The highest BCUT2D eigenvalue weighted by Crippen LogP contribution is 2.44. The quantitative estimate of drug-likeness (QED) is 0.373. The van der Waals surface area contributed by atoms with Gasteiger partial charge in [-0.25, -0.2) is 9.59 Å². The van der Waals surface area contributed by atoms with Crippen molar-refractivity contribution in [3.8, 4) is 11.1 Å². The second kappa shape index (κ2) is 10.5. The van der Waals surface area contributed by atoms with Crippen LogP contribution in [0.5, 0.6) is 0 Å². The molecule has 0 saturated heterocycles. The number of rotatable bonds is 9. The molecule has 1 aliphatic rings. The summed E-state index contributed by atoms with van der Waals surface area (Å²) in [5, 5.41) is 25.0. The second-order valence-electron chi connectivity index (χ2n) is 7.83. The standard InChI is InChI=1S/C25H24N2O6S/c28-12-11-20(24(30)31)26-23(29)22(21-10-5-13-34-21)27-25(32)33-14-19-17-8-3-1-6-15(17)16-7-2-4-9-18(16)19/h1-10,13,19-20,22,28H,11-12,14H2,(H,26,29)(H,27,32)(H,30,31)/t20-,22?/m0/s1. The molecule has 8 nitrogen and oxygen atoms in total. The average molecular weight is 481 g/mol. The lowest BCUT2D eigenvalue weighted by molar-refractivity contribution is -0.142. The zero-order chi connectivity index (χ0) is 24.1. The molecule has 0 bridgehead atoms. The summed E-state index contributed by atoms with van der Waals surface area (Å²) < 4.78 is 5.54. The number of hydrogen-bond acceptors (Lipinski definition) is 6. The molecule has 2 aromatic carbocycles. The highest BCUT2D eigenvalue weighted by atomic mass is 32.1. The maximum Gasteiger partial charge on any atom is 0.408 e. The van der Waals surface area contributed by atoms with Crippen LogP contribution in [0.2, 0.25) is 0 Å². The van der Waals surface area contributed by atoms with Crippen molar-refractivity contribution < 1.29 is 29.3 Å². The fourth-order valence-corrected chi connectivity index (χ4v) is 4.89. The summed E-state index contributed by atoms with van der Waals surface area (Å²) in [6, 6.07) is 16.9. The summed E-state index contributed by atoms with van der Waals surface area (Å²) in [5.74, 6) is -2.10. The van der Waals surface area contributed by atoms with Crippen molar-refractivity contribution >= 4 is 29.3 Å². The van der Waals surface area contributed by atoms with Gasteiger partial charge in [-0.1, -0.05) is 54.6 Å². The van der Waals surface area contributed by atoms with E-state index in [1.54, 1.807) is 17.5 Å². The number of thiophene rings is 1. The summed E-state index contributed by atoms with van der Waals surface area (Å²) in [5.41, 5.74) is 4.34. The Morgan fingerprint density at radius 2 is 1.59 bits per heavy atom. The first-order chi connectivity index (χ1) is 16.5. The van der Waals surface area contributed by atoms with E-state index in [2.05, 4.69) is 10.6 Å². The molecule has 1 aromatic heterocycles. The van der Waals surface area contributed by atoms with Gasteiger partial charge in [-0.15, -0.1) is 11.3 Å². The molecule has 9 heteroatoms. The first-order valence-electron chi connectivity index (χ1n) is 10.8. The number of alkyl carbamates (subject to hydrolysis) is 1. The molecule has 0 aliphatic heterocycles. The van der Waals surface area contributed by atoms with E-state index < -0.39 is 36.7 Å². The third kappa shape index (κ3) is 4.95. The van der Waals surface area contributed by atoms with Crippen LogP contribution < -0.4 is 10.6 Å². The normalized spacial score (nSPS) is 13.9. The SMILES string of the molecule is O=C(NC(C(=O)N[C@@H](CCO)C(=O)O)c1cccs1)OCC1c2ccccc2-c2ccccc21. The van der Waals surface area contributed by atoms with Crippen LogP contribution in [0.3, 0.4) is 0 Å². The maximum atomic E-state index is 12.8. The van der Waals surface area contributed by atoms with E-state index in [9.17, 15) is 19.5 Å². The molecule has 0 saturated carbocycles. The minimum Gasteiger partial charge on any atom is -0.480 e. The number of amides is 2. The number of hydrogen-bond donors (Lipinski definition) is 4. The minimum atomic E-state index is -1.27. The molecule has 0 spiro atoms. The molecular formula is C25H24N2O6S. The molecular weight excluding hydrogens is 456 g/mol. The van der Waals surface area contributed by atoms with Crippen LogP contribution >= 0.6 is 11.3 Å².